The van der Waals surface area contributed by atoms with Crippen LogP contribution in [-0.4, -0.2) is 15.6 Å². The number of nitrogens with zero attached hydrogens (tertiary/aromatic N) is 1. The molecular formula is C14H11ClFNO3. The Morgan fingerprint density at radius 1 is 1.45 bits per heavy atom. The lowest BCUT2D eigenvalue weighted by Gasteiger charge is -2.18. The van der Waals surface area contributed by atoms with Crippen LogP contribution in [-0.2, 0) is 5.54 Å². The molecule has 104 valence electrons. The van der Waals surface area contributed by atoms with Crippen LogP contribution in [0.4, 0.5) is 4.39 Å². The molecule has 0 atom stereocenters. The largest absolute Gasteiger partial charge is 0.477 e. The van der Waals surface area contributed by atoms with Crippen molar-refractivity contribution in [3.63, 3.8) is 0 Å². The smallest absolute Gasteiger partial charge is 0.341 e. The number of benzene rings is 1. The van der Waals surface area contributed by atoms with Crippen LogP contribution in [0.2, 0.25) is 5.02 Å². The normalized spacial score (nSPS) is 16.4. The highest BCUT2D eigenvalue weighted by Crippen LogP contribution is 2.44. The summed E-state index contributed by atoms with van der Waals surface area (Å²) in [6, 6.07) is 2.39. The Labute approximate surface area is 118 Å². The maximum absolute atomic E-state index is 13.6. The van der Waals surface area contributed by atoms with Crippen LogP contribution >= 0.6 is 11.6 Å². The van der Waals surface area contributed by atoms with Crippen molar-refractivity contribution in [1.82, 2.24) is 4.57 Å². The van der Waals surface area contributed by atoms with E-state index in [4.69, 9.17) is 16.7 Å². The first kappa shape index (κ1) is 13.1. The fraction of sp³-hybridized carbons (Fsp3) is 0.286. The van der Waals surface area contributed by atoms with Gasteiger partial charge in [0.15, 0.2) is 0 Å². The van der Waals surface area contributed by atoms with E-state index in [0.29, 0.717) is 5.52 Å². The summed E-state index contributed by atoms with van der Waals surface area (Å²) in [4.78, 5) is 23.3. The Balaban J connectivity index is 2.48. The summed E-state index contributed by atoms with van der Waals surface area (Å²) < 4.78 is 15.3. The number of carboxylic acid groups (broad SMARTS) is 1. The summed E-state index contributed by atoms with van der Waals surface area (Å²) in [6.45, 7) is 1.96. The van der Waals surface area contributed by atoms with Crippen LogP contribution in [0.3, 0.4) is 0 Å². The number of aromatic carboxylic acids is 1. The quantitative estimate of drug-likeness (QED) is 0.926. The molecule has 1 aliphatic rings. The molecule has 1 heterocycles. The molecule has 6 heteroatoms. The zero-order valence-corrected chi connectivity index (χ0v) is 11.4. The van der Waals surface area contributed by atoms with Crippen LogP contribution in [0.25, 0.3) is 10.9 Å². The second kappa shape index (κ2) is 4.06. The number of halogens is 2. The number of pyridine rings is 1. The van der Waals surface area contributed by atoms with Crippen LogP contribution in [0.5, 0.6) is 0 Å². The van der Waals surface area contributed by atoms with E-state index in [1.165, 1.54) is 12.3 Å². The van der Waals surface area contributed by atoms with Crippen molar-refractivity contribution < 1.29 is 14.3 Å². The van der Waals surface area contributed by atoms with Gasteiger partial charge < -0.3 is 9.67 Å². The fourth-order valence-electron chi connectivity index (χ4n) is 2.34. The lowest BCUT2D eigenvalue weighted by Crippen LogP contribution is -2.23. The van der Waals surface area contributed by atoms with Gasteiger partial charge in [-0.15, -0.1) is 0 Å². The van der Waals surface area contributed by atoms with Gasteiger partial charge in [-0.1, -0.05) is 11.6 Å². The summed E-state index contributed by atoms with van der Waals surface area (Å²) in [6.07, 6.45) is 3.08. The average Bonchev–Trinajstić information content (AvgIpc) is 3.11. The predicted molar refractivity (Wildman–Crippen MR) is 73.0 cm³/mol. The standard InChI is InChI=1S/C14H11ClFNO3/c1-14(2-3-14)17-6-8(13(19)20)12(18)7-4-10(16)9(15)5-11(7)17/h4-6H,2-3H2,1H3,(H,19,20). The van der Waals surface area contributed by atoms with Gasteiger partial charge in [0.25, 0.3) is 0 Å². The van der Waals surface area contributed by atoms with E-state index in [1.54, 1.807) is 4.57 Å². The van der Waals surface area contributed by atoms with Crippen molar-refractivity contribution in [2.75, 3.05) is 0 Å². The van der Waals surface area contributed by atoms with Crippen molar-refractivity contribution in [3.05, 3.63) is 45.0 Å². The molecule has 1 aromatic heterocycles. The second-order valence-electron chi connectivity index (χ2n) is 5.33. The van der Waals surface area contributed by atoms with Gasteiger partial charge in [-0.25, -0.2) is 9.18 Å². The lowest BCUT2D eigenvalue weighted by molar-refractivity contribution is 0.0694. The van der Waals surface area contributed by atoms with E-state index >= 15 is 0 Å². The van der Waals surface area contributed by atoms with E-state index < -0.39 is 17.2 Å². The Hall–Kier alpha value is -1.88. The SMILES string of the molecule is CC1(n2cc(C(=O)O)c(=O)c3cc(F)c(Cl)cc32)CC1. The molecule has 0 spiro atoms. The van der Waals surface area contributed by atoms with Gasteiger partial charge >= 0.3 is 5.97 Å². The molecule has 20 heavy (non-hydrogen) atoms. The highest BCUT2D eigenvalue weighted by molar-refractivity contribution is 6.31. The number of hydrogen-bond acceptors (Lipinski definition) is 2. The molecule has 0 radical (unpaired) electrons. The maximum atomic E-state index is 13.6. The highest BCUT2D eigenvalue weighted by atomic mass is 35.5. The van der Waals surface area contributed by atoms with Gasteiger partial charge in [-0.05, 0) is 31.9 Å². The molecule has 0 unspecified atom stereocenters. The number of fused-ring (bicyclic) bond motifs is 1. The Kier molecular flexibility index (Phi) is 2.66. The molecule has 4 nitrogen and oxygen atoms in total. The summed E-state index contributed by atoms with van der Waals surface area (Å²) in [5, 5.41) is 9.08. The zero-order valence-electron chi connectivity index (χ0n) is 10.6. The van der Waals surface area contributed by atoms with Crippen LogP contribution in [0, 0.1) is 5.82 Å². The minimum Gasteiger partial charge on any atom is -0.477 e. The van der Waals surface area contributed by atoms with E-state index in [0.717, 1.165) is 18.9 Å². The molecule has 0 aliphatic heterocycles. The molecule has 1 fully saturated rings. The number of carbonyl (C=O) groups is 1. The minimum atomic E-state index is -1.31. The zero-order chi connectivity index (χ0) is 14.7. The molecule has 1 aromatic carbocycles. The number of rotatable bonds is 2. The van der Waals surface area contributed by atoms with Crippen LogP contribution in [0.15, 0.2) is 23.1 Å². The Bertz CT molecular complexity index is 808. The van der Waals surface area contributed by atoms with E-state index in [2.05, 4.69) is 0 Å². The first-order valence-electron chi connectivity index (χ1n) is 6.12. The molecule has 1 N–H and O–H groups in total. The molecule has 0 bridgehead atoms. The van der Waals surface area contributed by atoms with Crippen molar-refractivity contribution in [2.24, 2.45) is 0 Å². The monoisotopic (exact) mass is 295 g/mol. The number of aromatic nitrogens is 1. The average molecular weight is 296 g/mol. The molecular weight excluding hydrogens is 285 g/mol. The Morgan fingerprint density at radius 2 is 2.10 bits per heavy atom. The van der Waals surface area contributed by atoms with E-state index in [1.807, 2.05) is 6.92 Å². The van der Waals surface area contributed by atoms with Gasteiger partial charge in [0.2, 0.25) is 5.43 Å². The van der Waals surface area contributed by atoms with Gasteiger partial charge in [-0.2, -0.15) is 0 Å². The number of carboxylic acids is 1. The van der Waals surface area contributed by atoms with Crippen molar-refractivity contribution >= 4 is 28.5 Å². The topological polar surface area (TPSA) is 59.3 Å². The van der Waals surface area contributed by atoms with Crippen molar-refractivity contribution in [1.29, 1.82) is 0 Å². The Morgan fingerprint density at radius 3 is 2.65 bits per heavy atom. The number of hydrogen-bond donors (Lipinski definition) is 1. The molecule has 2 aromatic rings. The minimum absolute atomic E-state index is 0.0416. The van der Waals surface area contributed by atoms with Gasteiger partial charge in [0.05, 0.1) is 10.5 Å². The maximum Gasteiger partial charge on any atom is 0.341 e. The third-order valence-corrected chi connectivity index (χ3v) is 4.12. The lowest BCUT2D eigenvalue weighted by atomic mass is 10.1. The second-order valence-corrected chi connectivity index (χ2v) is 5.73. The van der Waals surface area contributed by atoms with Crippen molar-refractivity contribution in [2.45, 2.75) is 25.3 Å². The first-order valence-corrected chi connectivity index (χ1v) is 6.49. The fourth-order valence-corrected chi connectivity index (χ4v) is 2.50. The third kappa shape index (κ3) is 1.81. The van der Waals surface area contributed by atoms with Gasteiger partial charge in [0.1, 0.15) is 11.4 Å². The molecule has 0 amide bonds. The van der Waals surface area contributed by atoms with Gasteiger partial charge in [-0.3, -0.25) is 4.79 Å². The first-order chi connectivity index (χ1) is 9.33. The van der Waals surface area contributed by atoms with E-state index in [-0.39, 0.29) is 21.5 Å². The third-order valence-electron chi connectivity index (χ3n) is 3.83. The summed E-state index contributed by atoms with van der Waals surface area (Å²) >= 11 is 5.78. The summed E-state index contributed by atoms with van der Waals surface area (Å²) in [5.41, 5.74) is -0.820. The predicted octanol–water partition coefficient (Wildman–Crippen LogP) is 3.00. The van der Waals surface area contributed by atoms with Crippen LogP contribution < -0.4 is 5.43 Å². The molecule has 1 aliphatic carbocycles. The molecule has 3 rings (SSSR count). The van der Waals surface area contributed by atoms with E-state index in [9.17, 15) is 14.0 Å². The molecule has 1 saturated carbocycles. The van der Waals surface area contributed by atoms with Crippen molar-refractivity contribution in [3.8, 4) is 0 Å². The van der Waals surface area contributed by atoms with Crippen LogP contribution in [0.1, 0.15) is 30.1 Å². The van der Waals surface area contributed by atoms with Gasteiger partial charge in [0, 0.05) is 17.1 Å². The molecule has 0 saturated heterocycles. The summed E-state index contributed by atoms with van der Waals surface area (Å²) in [7, 11) is 0. The summed E-state index contributed by atoms with van der Waals surface area (Å²) in [5.74, 6) is -2.04. The highest BCUT2D eigenvalue weighted by Gasteiger charge is 2.40.